The van der Waals surface area contributed by atoms with E-state index in [-0.39, 0.29) is 12.1 Å². The fourth-order valence-corrected chi connectivity index (χ4v) is 2.75. The van der Waals surface area contributed by atoms with Crippen molar-refractivity contribution in [2.75, 3.05) is 5.32 Å². The molecule has 0 saturated heterocycles. The Balaban J connectivity index is 1.92. The summed E-state index contributed by atoms with van der Waals surface area (Å²) < 4.78 is 0. The van der Waals surface area contributed by atoms with Gasteiger partial charge in [-0.15, -0.1) is 0 Å². The summed E-state index contributed by atoms with van der Waals surface area (Å²) in [6.45, 7) is 4.04. The molecule has 4 N–H and O–H groups in total. The first-order chi connectivity index (χ1) is 8.66. The van der Waals surface area contributed by atoms with Crippen LogP contribution >= 0.6 is 0 Å². The number of aryl methyl sites for hydroxylation is 2. The second kappa shape index (κ2) is 4.14. The maximum absolute atomic E-state index is 6.18. The highest BCUT2D eigenvalue weighted by Crippen LogP contribution is 2.39. The topological polar surface area (TPSA) is 66.7 Å². The molecule has 0 saturated carbocycles. The van der Waals surface area contributed by atoms with Gasteiger partial charge in [0.15, 0.2) is 0 Å². The van der Waals surface area contributed by atoms with Gasteiger partial charge >= 0.3 is 0 Å². The van der Waals surface area contributed by atoms with Gasteiger partial charge in [-0.3, -0.25) is 5.10 Å². The summed E-state index contributed by atoms with van der Waals surface area (Å²) in [5, 5.41) is 10.8. The van der Waals surface area contributed by atoms with Crippen LogP contribution in [0.5, 0.6) is 0 Å². The third-order valence-corrected chi connectivity index (χ3v) is 3.71. The van der Waals surface area contributed by atoms with Gasteiger partial charge in [0.1, 0.15) is 0 Å². The first-order valence-electron chi connectivity index (χ1n) is 6.29. The first-order valence-corrected chi connectivity index (χ1v) is 6.29. The molecule has 4 nitrogen and oxygen atoms in total. The Morgan fingerprint density at radius 1 is 1.28 bits per heavy atom. The minimum absolute atomic E-state index is 0.131. The highest BCUT2D eigenvalue weighted by molar-refractivity contribution is 5.54. The SMILES string of the molecule is Cc1n[nH]c(C)c1NC1CC(N)c2ccccc21. The van der Waals surface area contributed by atoms with E-state index in [2.05, 4.69) is 39.8 Å². The van der Waals surface area contributed by atoms with Gasteiger partial charge in [-0.05, 0) is 31.4 Å². The number of aromatic nitrogens is 2. The van der Waals surface area contributed by atoms with E-state index in [1.165, 1.54) is 11.1 Å². The Kier molecular flexibility index (Phi) is 2.59. The highest BCUT2D eigenvalue weighted by atomic mass is 15.2. The molecule has 18 heavy (non-hydrogen) atoms. The fraction of sp³-hybridized carbons (Fsp3) is 0.357. The standard InChI is InChI=1S/C14H18N4/c1-8-14(9(2)18-17-8)16-13-7-12(15)10-5-3-4-6-11(10)13/h3-6,12-13,16H,7,15H2,1-2H3,(H,17,18). The average Bonchev–Trinajstić information content (AvgIpc) is 2.86. The van der Waals surface area contributed by atoms with Crippen molar-refractivity contribution in [3.8, 4) is 0 Å². The van der Waals surface area contributed by atoms with Crippen molar-refractivity contribution in [1.29, 1.82) is 0 Å². The predicted octanol–water partition coefficient (Wildman–Crippen LogP) is 2.58. The van der Waals surface area contributed by atoms with Gasteiger partial charge in [0, 0.05) is 6.04 Å². The molecule has 2 unspecified atom stereocenters. The molecule has 0 bridgehead atoms. The van der Waals surface area contributed by atoms with Crippen LogP contribution < -0.4 is 11.1 Å². The average molecular weight is 242 g/mol. The van der Waals surface area contributed by atoms with Crippen molar-refractivity contribution in [1.82, 2.24) is 10.2 Å². The number of hydrogen-bond donors (Lipinski definition) is 3. The van der Waals surface area contributed by atoms with Crippen LogP contribution in [0.25, 0.3) is 0 Å². The Morgan fingerprint density at radius 2 is 2.00 bits per heavy atom. The van der Waals surface area contributed by atoms with Gasteiger partial charge in [-0.1, -0.05) is 24.3 Å². The first kappa shape index (κ1) is 11.3. The Labute approximate surface area is 107 Å². The lowest BCUT2D eigenvalue weighted by molar-refractivity contribution is 0.648. The Bertz CT molecular complexity index is 553. The van der Waals surface area contributed by atoms with E-state index < -0.39 is 0 Å². The fourth-order valence-electron chi connectivity index (χ4n) is 2.75. The quantitative estimate of drug-likeness (QED) is 0.758. The Hall–Kier alpha value is -1.81. The van der Waals surface area contributed by atoms with E-state index in [0.717, 1.165) is 23.5 Å². The molecule has 2 aromatic rings. The maximum atomic E-state index is 6.18. The van der Waals surface area contributed by atoms with Crippen LogP contribution in [0.2, 0.25) is 0 Å². The van der Waals surface area contributed by atoms with Crippen molar-refractivity contribution >= 4 is 5.69 Å². The summed E-state index contributed by atoms with van der Waals surface area (Å²) in [4.78, 5) is 0. The third-order valence-electron chi connectivity index (χ3n) is 3.71. The number of fused-ring (bicyclic) bond motifs is 1. The van der Waals surface area contributed by atoms with Crippen molar-refractivity contribution < 1.29 is 0 Å². The van der Waals surface area contributed by atoms with Crippen LogP contribution in [0.15, 0.2) is 24.3 Å². The molecule has 1 aliphatic rings. The Morgan fingerprint density at radius 3 is 2.67 bits per heavy atom. The number of nitrogens with two attached hydrogens (primary N) is 1. The molecule has 0 fully saturated rings. The van der Waals surface area contributed by atoms with E-state index in [1.807, 2.05) is 13.8 Å². The summed E-state index contributed by atoms with van der Waals surface area (Å²) in [7, 11) is 0. The molecule has 1 aromatic carbocycles. The molecule has 1 heterocycles. The third kappa shape index (κ3) is 1.69. The molecule has 0 aliphatic heterocycles. The summed E-state index contributed by atoms with van der Waals surface area (Å²) >= 11 is 0. The maximum Gasteiger partial charge on any atom is 0.0825 e. The zero-order valence-electron chi connectivity index (χ0n) is 10.7. The van der Waals surface area contributed by atoms with Crippen LogP contribution in [0.1, 0.15) is 41.0 Å². The second-order valence-corrected chi connectivity index (χ2v) is 4.98. The number of hydrogen-bond acceptors (Lipinski definition) is 3. The van der Waals surface area contributed by atoms with Crippen molar-refractivity contribution in [2.45, 2.75) is 32.4 Å². The van der Waals surface area contributed by atoms with Crippen LogP contribution in [-0.4, -0.2) is 10.2 Å². The number of rotatable bonds is 2. The van der Waals surface area contributed by atoms with Gasteiger partial charge in [-0.25, -0.2) is 0 Å². The molecule has 1 aromatic heterocycles. The molecule has 3 rings (SSSR count). The van der Waals surface area contributed by atoms with E-state index in [4.69, 9.17) is 5.73 Å². The van der Waals surface area contributed by atoms with Crippen molar-refractivity contribution in [3.63, 3.8) is 0 Å². The zero-order chi connectivity index (χ0) is 12.7. The van der Waals surface area contributed by atoms with Crippen LogP contribution in [0.3, 0.4) is 0 Å². The monoisotopic (exact) mass is 242 g/mol. The highest BCUT2D eigenvalue weighted by Gasteiger charge is 2.28. The zero-order valence-corrected chi connectivity index (χ0v) is 10.7. The molecule has 0 amide bonds. The molecule has 0 spiro atoms. The van der Waals surface area contributed by atoms with Crippen molar-refractivity contribution in [3.05, 3.63) is 46.8 Å². The molecule has 1 aliphatic carbocycles. The van der Waals surface area contributed by atoms with Gasteiger partial charge in [0.2, 0.25) is 0 Å². The summed E-state index contributed by atoms with van der Waals surface area (Å²) in [6, 6.07) is 8.81. The van der Waals surface area contributed by atoms with Gasteiger partial charge < -0.3 is 11.1 Å². The van der Waals surface area contributed by atoms with Crippen molar-refractivity contribution in [2.24, 2.45) is 5.73 Å². The van der Waals surface area contributed by atoms with Crippen LogP contribution in [-0.2, 0) is 0 Å². The second-order valence-electron chi connectivity index (χ2n) is 4.98. The van der Waals surface area contributed by atoms with Gasteiger partial charge in [0.25, 0.3) is 0 Å². The molecular weight excluding hydrogens is 224 g/mol. The predicted molar refractivity (Wildman–Crippen MR) is 72.4 cm³/mol. The largest absolute Gasteiger partial charge is 0.375 e. The summed E-state index contributed by atoms with van der Waals surface area (Å²) in [5.74, 6) is 0. The minimum atomic E-state index is 0.131. The lowest BCUT2D eigenvalue weighted by atomic mass is 10.1. The minimum Gasteiger partial charge on any atom is -0.375 e. The number of H-pyrrole nitrogens is 1. The molecule has 4 heteroatoms. The summed E-state index contributed by atoms with van der Waals surface area (Å²) in [6.07, 6.45) is 0.934. The number of benzene rings is 1. The van der Waals surface area contributed by atoms with Crippen LogP contribution in [0.4, 0.5) is 5.69 Å². The molecule has 2 atom stereocenters. The molecule has 0 radical (unpaired) electrons. The van der Waals surface area contributed by atoms with Gasteiger partial charge in [-0.2, -0.15) is 5.10 Å². The smallest absolute Gasteiger partial charge is 0.0825 e. The summed E-state index contributed by atoms with van der Waals surface area (Å²) in [5.41, 5.74) is 11.9. The van der Waals surface area contributed by atoms with Gasteiger partial charge in [0.05, 0.1) is 23.1 Å². The number of anilines is 1. The molecular formula is C14H18N4. The normalized spacial score (nSPS) is 21.9. The number of nitrogens with one attached hydrogen (secondary N) is 2. The lowest BCUT2D eigenvalue weighted by Crippen LogP contribution is -2.10. The molecule has 94 valence electrons. The van der Waals surface area contributed by atoms with E-state index in [1.54, 1.807) is 0 Å². The van der Waals surface area contributed by atoms with E-state index in [9.17, 15) is 0 Å². The van der Waals surface area contributed by atoms with E-state index in [0.29, 0.717) is 0 Å². The number of aromatic amines is 1. The lowest BCUT2D eigenvalue weighted by Gasteiger charge is -2.15. The van der Waals surface area contributed by atoms with E-state index >= 15 is 0 Å². The van der Waals surface area contributed by atoms with Crippen LogP contribution in [0, 0.1) is 13.8 Å². The number of nitrogens with zero attached hydrogens (tertiary/aromatic N) is 1.